The van der Waals surface area contributed by atoms with Gasteiger partial charge in [-0.15, -0.1) is 0 Å². The molecule has 32 heavy (non-hydrogen) atoms. The predicted molar refractivity (Wildman–Crippen MR) is 129 cm³/mol. The summed E-state index contributed by atoms with van der Waals surface area (Å²) in [5, 5.41) is 9.04. The van der Waals surface area contributed by atoms with Crippen LogP contribution in [0.15, 0.2) is 72.8 Å². The standard InChI is InChI=1S/C26H26Cl2N2O2/c1-17(16-31)15-26(22-5-3-4-6-23(22)32-2)29-24(18-7-11-20(27)12-8-18)25(30-26)19-9-13-21(28)14-10-19/h3-14,16-17,24-25,29-30H,15H2,1-2H3. The molecule has 0 aromatic heterocycles. The minimum absolute atomic E-state index is 0.0720. The molecule has 1 fully saturated rings. The van der Waals surface area contributed by atoms with Gasteiger partial charge in [0.25, 0.3) is 0 Å². The van der Waals surface area contributed by atoms with E-state index in [0.717, 1.165) is 28.7 Å². The van der Waals surface area contributed by atoms with Gasteiger partial charge in [0.15, 0.2) is 0 Å². The third-order valence-corrected chi connectivity index (χ3v) is 6.53. The summed E-state index contributed by atoms with van der Waals surface area (Å²) in [4.78, 5) is 11.7. The Morgan fingerprint density at radius 2 is 1.41 bits per heavy atom. The van der Waals surface area contributed by atoms with Crippen molar-refractivity contribution in [2.75, 3.05) is 7.11 Å². The maximum atomic E-state index is 11.7. The minimum Gasteiger partial charge on any atom is -0.496 e. The Kier molecular flexibility index (Phi) is 6.87. The molecule has 1 heterocycles. The molecular weight excluding hydrogens is 443 g/mol. The zero-order valence-corrected chi connectivity index (χ0v) is 19.5. The monoisotopic (exact) mass is 468 g/mol. The van der Waals surface area contributed by atoms with Crippen molar-refractivity contribution in [2.24, 2.45) is 5.92 Å². The van der Waals surface area contributed by atoms with Crippen LogP contribution in [0.1, 0.15) is 42.1 Å². The summed E-state index contributed by atoms with van der Waals surface area (Å²) in [5.41, 5.74) is 2.48. The van der Waals surface area contributed by atoms with E-state index in [1.807, 2.05) is 79.7 Å². The second kappa shape index (κ2) is 9.63. The van der Waals surface area contributed by atoms with E-state index in [9.17, 15) is 4.79 Å². The molecule has 166 valence electrons. The summed E-state index contributed by atoms with van der Waals surface area (Å²) in [6.45, 7) is 1.93. The number of ether oxygens (including phenoxy) is 1. The summed E-state index contributed by atoms with van der Waals surface area (Å²) < 4.78 is 5.71. The smallest absolute Gasteiger partial charge is 0.125 e. The zero-order chi connectivity index (χ0) is 22.7. The van der Waals surface area contributed by atoms with Gasteiger partial charge in [0.2, 0.25) is 0 Å². The van der Waals surface area contributed by atoms with E-state index in [4.69, 9.17) is 27.9 Å². The van der Waals surface area contributed by atoms with E-state index in [-0.39, 0.29) is 18.0 Å². The number of rotatable bonds is 7. The Morgan fingerprint density at radius 1 is 0.906 bits per heavy atom. The van der Waals surface area contributed by atoms with Crippen LogP contribution in [-0.2, 0) is 10.5 Å². The third-order valence-electron chi connectivity index (χ3n) is 6.02. The fourth-order valence-electron chi connectivity index (χ4n) is 4.54. The maximum Gasteiger partial charge on any atom is 0.125 e. The lowest BCUT2D eigenvalue weighted by atomic mass is 9.89. The van der Waals surface area contributed by atoms with Crippen molar-refractivity contribution in [2.45, 2.75) is 31.1 Å². The van der Waals surface area contributed by atoms with Gasteiger partial charge >= 0.3 is 0 Å². The molecule has 1 aliphatic heterocycles. The average Bonchev–Trinajstić information content (AvgIpc) is 3.20. The number of methoxy groups -OCH3 is 1. The molecule has 0 spiro atoms. The van der Waals surface area contributed by atoms with E-state index >= 15 is 0 Å². The fraction of sp³-hybridized carbons (Fsp3) is 0.269. The maximum absolute atomic E-state index is 11.7. The zero-order valence-electron chi connectivity index (χ0n) is 18.0. The van der Waals surface area contributed by atoms with Crippen molar-refractivity contribution in [1.82, 2.24) is 10.6 Å². The van der Waals surface area contributed by atoms with Gasteiger partial charge in [0.05, 0.1) is 19.2 Å². The van der Waals surface area contributed by atoms with E-state index in [1.54, 1.807) is 7.11 Å². The van der Waals surface area contributed by atoms with Crippen LogP contribution in [0.3, 0.4) is 0 Å². The summed E-state index contributed by atoms with van der Waals surface area (Å²) >= 11 is 12.3. The summed E-state index contributed by atoms with van der Waals surface area (Å²) in [6.07, 6.45) is 1.55. The van der Waals surface area contributed by atoms with E-state index in [0.29, 0.717) is 16.5 Å². The molecule has 3 aromatic carbocycles. The molecule has 2 N–H and O–H groups in total. The molecule has 0 bridgehead atoms. The predicted octanol–water partition coefficient (Wildman–Crippen LogP) is 6.06. The normalized spacial score (nSPS) is 23.6. The Morgan fingerprint density at radius 3 is 1.88 bits per heavy atom. The Balaban J connectivity index is 1.85. The van der Waals surface area contributed by atoms with E-state index in [1.165, 1.54) is 0 Å². The number of benzene rings is 3. The molecule has 0 radical (unpaired) electrons. The Bertz CT molecular complexity index is 1020. The highest BCUT2D eigenvalue weighted by Gasteiger charge is 2.48. The molecule has 3 unspecified atom stereocenters. The first-order valence-electron chi connectivity index (χ1n) is 10.6. The molecule has 0 saturated carbocycles. The van der Waals surface area contributed by atoms with Crippen LogP contribution in [0.25, 0.3) is 0 Å². The second-order valence-corrected chi connectivity index (χ2v) is 9.14. The van der Waals surface area contributed by atoms with Gasteiger partial charge in [-0.1, -0.05) is 72.6 Å². The van der Waals surface area contributed by atoms with Crippen LogP contribution in [0.4, 0.5) is 0 Å². The lowest BCUT2D eigenvalue weighted by Crippen LogP contribution is -2.48. The third kappa shape index (κ3) is 4.55. The first-order valence-corrected chi connectivity index (χ1v) is 11.4. The number of carbonyl (C=O) groups is 1. The second-order valence-electron chi connectivity index (χ2n) is 8.27. The highest BCUT2D eigenvalue weighted by molar-refractivity contribution is 6.30. The van der Waals surface area contributed by atoms with Gasteiger partial charge < -0.3 is 9.53 Å². The van der Waals surface area contributed by atoms with Gasteiger partial charge in [-0.3, -0.25) is 10.6 Å². The molecule has 3 atom stereocenters. The van der Waals surface area contributed by atoms with Crippen molar-refractivity contribution < 1.29 is 9.53 Å². The number of hydrogen-bond donors (Lipinski definition) is 2. The average molecular weight is 469 g/mol. The highest BCUT2D eigenvalue weighted by atomic mass is 35.5. The topological polar surface area (TPSA) is 50.4 Å². The number of para-hydroxylation sites is 1. The van der Waals surface area contributed by atoms with Crippen LogP contribution in [0.2, 0.25) is 10.0 Å². The molecule has 0 aliphatic carbocycles. The van der Waals surface area contributed by atoms with E-state index in [2.05, 4.69) is 10.6 Å². The summed E-state index contributed by atoms with van der Waals surface area (Å²) in [6, 6.07) is 23.5. The van der Waals surface area contributed by atoms with Gasteiger partial charge in [0.1, 0.15) is 17.7 Å². The number of aldehydes is 1. The van der Waals surface area contributed by atoms with Crippen LogP contribution in [0, 0.1) is 5.92 Å². The van der Waals surface area contributed by atoms with Crippen LogP contribution in [0.5, 0.6) is 5.75 Å². The molecule has 4 nitrogen and oxygen atoms in total. The Labute approximate surface area is 198 Å². The van der Waals surface area contributed by atoms with E-state index < -0.39 is 5.66 Å². The highest BCUT2D eigenvalue weighted by Crippen LogP contribution is 2.45. The number of carbonyl (C=O) groups excluding carboxylic acids is 1. The van der Waals surface area contributed by atoms with Crippen molar-refractivity contribution in [3.8, 4) is 5.75 Å². The molecule has 6 heteroatoms. The van der Waals surface area contributed by atoms with Crippen LogP contribution < -0.4 is 15.4 Å². The fourth-order valence-corrected chi connectivity index (χ4v) is 4.79. The van der Waals surface area contributed by atoms with Gasteiger partial charge in [-0.05, 0) is 47.9 Å². The number of nitrogens with one attached hydrogen (secondary N) is 2. The van der Waals surface area contributed by atoms with Crippen molar-refractivity contribution in [1.29, 1.82) is 0 Å². The number of halogens is 2. The lowest BCUT2D eigenvalue weighted by Gasteiger charge is -2.34. The molecule has 3 aromatic rings. The lowest BCUT2D eigenvalue weighted by molar-refractivity contribution is -0.111. The van der Waals surface area contributed by atoms with Gasteiger partial charge in [-0.2, -0.15) is 0 Å². The minimum atomic E-state index is -0.679. The quantitative estimate of drug-likeness (QED) is 0.414. The largest absolute Gasteiger partial charge is 0.496 e. The first-order chi connectivity index (χ1) is 15.5. The molecule has 4 rings (SSSR count). The van der Waals surface area contributed by atoms with Crippen LogP contribution in [-0.4, -0.2) is 13.4 Å². The molecule has 1 saturated heterocycles. The molecule has 1 aliphatic rings. The van der Waals surface area contributed by atoms with Crippen molar-refractivity contribution >= 4 is 29.5 Å². The summed E-state index contributed by atoms with van der Waals surface area (Å²) in [7, 11) is 1.66. The van der Waals surface area contributed by atoms with Crippen molar-refractivity contribution in [3.63, 3.8) is 0 Å². The van der Waals surface area contributed by atoms with Gasteiger partial charge in [0, 0.05) is 21.5 Å². The van der Waals surface area contributed by atoms with Crippen LogP contribution >= 0.6 is 23.2 Å². The van der Waals surface area contributed by atoms with Gasteiger partial charge in [-0.25, -0.2) is 0 Å². The summed E-state index contributed by atoms with van der Waals surface area (Å²) in [5.74, 6) is 0.590. The Hall–Kier alpha value is -2.37. The molecule has 0 amide bonds. The van der Waals surface area contributed by atoms with Crippen molar-refractivity contribution in [3.05, 3.63) is 99.5 Å². The number of hydrogen-bond acceptors (Lipinski definition) is 4. The SMILES string of the molecule is COc1ccccc1C1(CC(C)C=O)NC(c2ccc(Cl)cc2)C(c2ccc(Cl)cc2)N1. The first kappa shape index (κ1) is 22.8. The molecular formula is C26H26Cl2N2O2.